The molecule has 1 aliphatic rings. The van der Waals surface area contributed by atoms with E-state index in [-0.39, 0.29) is 11.9 Å². The summed E-state index contributed by atoms with van der Waals surface area (Å²) in [5, 5.41) is 13.5. The van der Waals surface area contributed by atoms with E-state index >= 15 is 0 Å². The number of benzene rings is 2. The number of nitrogens with one attached hydrogen (secondary N) is 3. The maximum atomic E-state index is 13.0. The fourth-order valence-electron chi connectivity index (χ4n) is 4.74. The van der Waals surface area contributed by atoms with Gasteiger partial charge in [-0.2, -0.15) is 0 Å². The number of carbonyl (C=O) groups excluding carboxylic acids is 1. The second-order valence-electron chi connectivity index (χ2n) is 9.92. The first-order valence-corrected chi connectivity index (χ1v) is 13.8. The number of amides is 1. The SMILES string of the molecule is COC1(C(=O)NSc2ccc(NC(CCc3ccccc3)CCN(C)C)c(NO)c2)CCCCCC1. The van der Waals surface area contributed by atoms with Gasteiger partial charge in [-0.25, -0.2) is 0 Å². The van der Waals surface area contributed by atoms with E-state index in [1.165, 1.54) is 17.5 Å². The minimum atomic E-state index is -0.749. The van der Waals surface area contributed by atoms with Crippen LogP contribution in [-0.4, -0.2) is 55.4 Å². The van der Waals surface area contributed by atoms with Crippen molar-refractivity contribution in [1.82, 2.24) is 9.62 Å². The minimum Gasteiger partial charge on any atom is -0.381 e. The highest BCUT2D eigenvalue weighted by Gasteiger charge is 2.38. The predicted octanol–water partition coefficient (Wildman–Crippen LogP) is 5.72. The molecule has 3 rings (SSSR count). The standard InChI is InChI=1S/C28H42N4O3S/c1-32(2)20-17-23(14-13-22-11-7-6-8-12-22)29-25-16-15-24(21-26(25)30-34)36-31-27(33)28(35-3)18-9-4-5-10-19-28/h6-8,11-12,15-16,21,23,29-30,34H,4-5,9-10,13-14,17-20H2,1-3H3,(H,31,33). The summed E-state index contributed by atoms with van der Waals surface area (Å²) >= 11 is 1.26. The molecule has 0 aromatic heterocycles. The van der Waals surface area contributed by atoms with Crippen molar-refractivity contribution in [2.75, 3.05) is 38.5 Å². The summed E-state index contributed by atoms with van der Waals surface area (Å²) in [5.41, 5.74) is 4.32. The lowest BCUT2D eigenvalue weighted by molar-refractivity contribution is -0.143. The van der Waals surface area contributed by atoms with E-state index in [1.54, 1.807) is 7.11 Å². The molecule has 1 unspecified atom stereocenters. The van der Waals surface area contributed by atoms with Crippen LogP contribution in [0.5, 0.6) is 0 Å². The van der Waals surface area contributed by atoms with Crippen molar-refractivity contribution in [1.29, 1.82) is 0 Å². The normalized spacial score (nSPS) is 16.2. The first-order valence-electron chi connectivity index (χ1n) is 13.0. The maximum absolute atomic E-state index is 13.0. The highest BCUT2D eigenvalue weighted by atomic mass is 32.2. The number of ether oxygens (including phenoxy) is 1. The van der Waals surface area contributed by atoms with Gasteiger partial charge in [0.1, 0.15) is 5.60 Å². The lowest BCUT2D eigenvalue weighted by Gasteiger charge is -2.29. The highest BCUT2D eigenvalue weighted by molar-refractivity contribution is 7.98. The molecule has 2 aromatic rings. The van der Waals surface area contributed by atoms with Crippen LogP contribution in [0, 0.1) is 0 Å². The Morgan fingerprint density at radius 2 is 1.78 bits per heavy atom. The van der Waals surface area contributed by atoms with Crippen LogP contribution in [0.3, 0.4) is 0 Å². The summed E-state index contributed by atoms with van der Waals surface area (Å²) in [6.07, 6.45) is 8.74. The molecule has 1 atom stereocenters. The molecule has 1 amide bonds. The third kappa shape index (κ3) is 8.40. The number of aryl methyl sites for hydroxylation is 1. The Morgan fingerprint density at radius 3 is 2.42 bits per heavy atom. The maximum Gasteiger partial charge on any atom is 0.262 e. The summed E-state index contributed by atoms with van der Waals surface area (Å²) in [6, 6.07) is 16.5. The molecule has 0 bridgehead atoms. The van der Waals surface area contributed by atoms with E-state index in [0.29, 0.717) is 5.69 Å². The Labute approximate surface area is 220 Å². The molecule has 4 N–H and O–H groups in total. The van der Waals surface area contributed by atoms with Gasteiger partial charge in [0.05, 0.1) is 11.4 Å². The number of carbonyl (C=O) groups is 1. The second kappa shape index (κ2) is 14.5. The summed E-state index contributed by atoms with van der Waals surface area (Å²) in [5.74, 6) is -0.0812. The van der Waals surface area contributed by atoms with Crippen molar-refractivity contribution in [2.24, 2.45) is 0 Å². The summed E-state index contributed by atoms with van der Waals surface area (Å²) in [4.78, 5) is 16.0. The Bertz CT molecular complexity index is 934. The van der Waals surface area contributed by atoms with Gasteiger partial charge >= 0.3 is 0 Å². The predicted molar refractivity (Wildman–Crippen MR) is 149 cm³/mol. The van der Waals surface area contributed by atoms with Gasteiger partial charge in [0.2, 0.25) is 0 Å². The fraction of sp³-hybridized carbons (Fsp3) is 0.536. The first kappa shape index (κ1) is 28.3. The number of rotatable bonds is 13. The van der Waals surface area contributed by atoms with Crippen LogP contribution in [0.25, 0.3) is 0 Å². The smallest absolute Gasteiger partial charge is 0.262 e. The number of hydrogen-bond donors (Lipinski definition) is 4. The van der Waals surface area contributed by atoms with Gasteiger partial charge in [-0.15, -0.1) is 0 Å². The van der Waals surface area contributed by atoms with Gasteiger partial charge in [-0.05, 0) is 88.5 Å². The third-order valence-electron chi connectivity index (χ3n) is 7.00. The Kier molecular flexibility index (Phi) is 11.4. The van der Waals surface area contributed by atoms with Gasteiger partial charge in [-0.1, -0.05) is 56.0 Å². The van der Waals surface area contributed by atoms with E-state index in [9.17, 15) is 10.0 Å². The molecule has 36 heavy (non-hydrogen) atoms. The van der Waals surface area contributed by atoms with Crippen LogP contribution in [0.15, 0.2) is 53.4 Å². The largest absolute Gasteiger partial charge is 0.381 e. The van der Waals surface area contributed by atoms with Crippen LogP contribution in [0.4, 0.5) is 11.4 Å². The van der Waals surface area contributed by atoms with Crippen molar-refractivity contribution >= 4 is 29.2 Å². The van der Waals surface area contributed by atoms with Gasteiger partial charge in [0, 0.05) is 18.0 Å². The molecule has 8 heteroatoms. The molecule has 0 aliphatic heterocycles. The van der Waals surface area contributed by atoms with Crippen LogP contribution in [0.1, 0.15) is 56.9 Å². The molecule has 0 spiro atoms. The third-order valence-corrected chi connectivity index (χ3v) is 7.77. The van der Waals surface area contributed by atoms with Crippen LogP contribution in [0.2, 0.25) is 0 Å². The molecule has 2 aromatic carbocycles. The molecular weight excluding hydrogens is 472 g/mol. The fourth-order valence-corrected chi connectivity index (χ4v) is 5.44. The van der Waals surface area contributed by atoms with Crippen molar-refractivity contribution < 1.29 is 14.7 Å². The number of anilines is 2. The topological polar surface area (TPSA) is 85.9 Å². The molecule has 1 saturated carbocycles. The Morgan fingerprint density at radius 1 is 1.06 bits per heavy atom. The average Bonchev–Trinajstić information content (AvgIpc) is 3.16. The van der Waals surface area contributed by atoms with E-state index < -0.39 is 5.60 Å². The van der Waals surface area contributed by atoms with Crippen LogP contribution in [-0.2, 0) is 16.0 Å². The molecule has 0 heterocycles. The van der Waals surface area contributed by atoms with Gasteiger partial charge in [0.25, 0.3) is 5.91 Å². The lowest BCUT2D eigenvalue weighted by atomic mass is 9.93. The van der Waals surface area contributed by atoms with Crippen molar-refractivity contribution in [3.63, 3.8) is 0 Å². The van der Waals surface area contributed by atoms with Crippen molar-refractivity contribution in [3.05, 3.63) is 54.1 Å². The molecule has 1 aliphatic carbocycles. The molecule has 7 nitrogen and oxygen atoms in total. The van der Waals surface area contributed by atoms with E-state index in [1.807, 2.05) is 24.3 Å². The molecule has 1 fully saturated rings. The van der Waals surface area contributed by atoms with Gasteiger partial charge in [-0.3, -0.25) is 20.2 Å². The average molecular weight is 515 g/mol. The van der Waals surface area contributed by atoms with Gasteiger partial charge in [0.15, 0.2) is 0 Å². The Hall–Kier alpha value is -2.26. The zero-order chi connectivity index (χ0) is 25.8. The van der Waals surface area contributed by atoms with Gasteiger partial charge < -0.3 is 15.0 Å². The van der Waals surface area contributed by atoms with E-state index in [0.717, 1.165) is 74.9 Å². The number of methoxy groups -OCH3 is 1. The Balaban J connectivity index is 1.64. The number of nitrogens with zero attached hydrogens (tertiary/aromatic N) is 1. The number of hydrogen-bond acceptors (Lipinski definition) is 7. The lowest BCUT2D eigenvalue weighted by Crippen LogP contribution is -2.45. The summed E-state index contributed by atoms with van der Waals surface area (Å²) in [6.45, 7) is 0.968. The molecule has 0 radical (unpaired) electrons. The van der Waals surface area contributed by atoms with E-state index in [2.05, 4.69) is 58.8 Å². The quantitative estimate of drug-likeness (QED) is 0.155. The molecule has 198 valence electrons. The highest BCUT2D eigenvalue weighted by Crippen LogP contribution is 2.33. The monoisotopic (exact) mass is 514 g/mol. The van der Waals surface area contributed by atoms with Crippen LogP contribution >= 0.6 is 11.9 Å². The zero-order valence-corrected chi connectivity index (χ0v) is 22.7. The molecular formula is C28H42N4O3S. The minimum absolute atomic E-state index is 0.0812. The van der Waals surface area contributed by atoms with E-state index in [4.69, 9.17) is 4.74 Å². The second-order valence-corrected chi connectivity index (χ2v) is 10.8. The summed E-state index contributed by atoms with van der Waals surface area (Å²) < 4.78 is 8.71. The molecule has 0 saturated heterocycles. The first-order chi connectivity index (χ1) is 17.5. The van der Waals surface area contributed by atoms with Crippen molar-refractivity contribution in [2.45, 2.75) is 74.3 Å². The zero-order valence-electron chi connectivity index (χ0n) is 21.9. The van der Waals surface area contributed by atoms with Crippen LogP contribution < -0.4 is 15.5 Å². The summed E-state index contributed by atoms with van der Waals surface area (Å²) in [7, 11) is 5.80. The van der Waals surface area contributed by atoms with Crippen molar-refractivity contribution in [3.8, 4) is 0 Å².